The number of anilines is 1. The Morgan fingerprint density at radius 3 is 2.48 bits per heavy atom. The highest BCUT2D eigenvalue weighted by molar-refractivity contribution is 5.85. The lowest BCUT2D eigenvalue weighted by Gasteiger charge is -2.38. The lowest BCUT2D eigenvalue weighted by Crippen LogP contribution is -2.46. The fourth-order valence-electron chi connectivity index (χ4n) is 3.22. The third-order valence-corrected chi connectivity index (χ3v) is 4.50. The van der Waals surface area contributed by atoms with Gasteiger partial charge in [-0.05, 0) is 26.3 Å². The van der Waals surface area contributed by atoms with Crippen molar-refractivity contribution in [2.75, 3.05) is 37.6 Å². The molecule has 132 valence electrons. The third kappa shape index (κ3) is 5.30. The van der Waals surface area contributed by atoms with E-state index in [4.69, 9.17) is 10.7 Å². The molecular weight excluding hydrogens is 310 g/mol. The molecule has 1 aromatic rings. The maximum Gasteiger partial charge on any atom is 0.133 e. The molecule has 1 saturated heterocycles. The van der Waals surface area contributed by atoms with Gasteiger partial charge in [0.05, 0.1) is 0 Å². The highest BCUT2D eigenvalue weighted by Crippen LogP contribution is 2.23. The lowest BCUT2D eigenvalue weighted by atomic mass is 10.0. The molecule has 1 aromatic heterocycles. The molecule has 0 aromatic carbocycles. The molecule has 0 atom stereocenters. The van der Waals surface area contributed by atoms with Crippen molar-refractivity contribution in [1.29, 1.82) is 0 Å². The Morgan fingerprint density at radius 1 is 1.30 bits per heavy atom. The van der Waals surface area contributed by atoms with Crippen molar-refractivity contribution in [1.82, 2.24) is 14.9 Å². The molecule has 1 aliphatic rings. The monoisotopic (exact) mass is 341 g/mol. The van der Waals surface area contributed by atoms with Gasteiger partial charge in [-0.15, -0.1) is 12.4 Å². The summed E-state index contributed by atoms with van der Waals surface area (Å²) in [6.45, 7) is 13.6. The molecule has 0 saturated carbocycles. The smallest absolute Gasteiger partial charge is 0.133 e. The number of likely N-dealkylation sites (N-methyl/N-ethyl adjacent to an activating group) is 1. The van der Waals surface area contributed by atoms with E-state index in [1.807, 2.05) is 0 Å². The summed E-state index contributed by atoms with van der Waals surface area (Å²) in [7, 11) is 0. The van der Waals surface area contributed by atoms with Gasteiger partial charge < -0.3 is 10.6 Å². The fourth-order valence-corrected chi connectivity index (χ4v) is 3.22. The van der Waals surface area contributed by atoms with Gasteiger partial charge in [0.2, 0.25) is 0 Å². The van der Waals surface area contributed by atoms with E-state index in [-0.39, 0.29) is 12.4 Å². The Kier molecular flexibility index (Phi) is 8.23. The normalized spacial score (nSPS) is 16.0. The van der Waals surface area contributed by atoms with E-state index in [0.717, 1.165) is 50.1 Å². The van der Waals surface area contributed by atoms with Gasteiger partial charge in [-0.25, -0.2) is 9.97 Å². The van der Waals surface area contributed by atoms with E-state index in [2.05, 4.69) is 48.5 Å². The highest BCUT2D eigenvalue weighted by atomic mass is 35.5. The van der Waals surface area contributed by atoms with E-state index >= 15 is 0 Å². The molecule has 0 aliphatic carbocycles. The van der Waals surface area contributed by atoms with Crippen LogP contribution in [0.5, 0.6) is 0 Å². The summed E-state index contributed by atoms with van der Waals surface area (Å²) in [5.74, 6) is 2.42. The number of nitrogens with zero attached hydrogens (tertiary/aromatic N) is 4. The number of aromatic nitrogens is 2. The van der Waals surface area contributed by atoms with Gasteiger partial charge in [0.15, 0.2) is 0 Å². The molecule has 0 unspecified atom stereocenters. The van der Waals surface area contributed by atoms with E-state index < -0.39 is 0 Å². The summed E-state index contributed by atoms with van der Waals surface area (Å²) in [6, 6.07) is 2.78. The molecule has 2 N–H and O–H groups in total. The van der Waals surface area contributed by atoms with Crippen LogP contribution in [0.3, 0.4) is 0 Å². The summed E-state index contributed by atoms with van der Waals surface area (Å²) >= 11 is 0. The zero-order chi connectivity index (χ0) is 16.1. The molecule has 5 nitrogen and oxygen atoms in total. The molecule has 0 spiro atoms. The van der Waals surface area contributed by atoms with Crippen LogP contribution in [0.15, 0.2) is 6.07 Å². The molecule has 0 amide bonds. The van der Waals surface area contributed by atoms with Gasteiger partial charge in [0.1, 0.15) is 11.6 Å². The minimum Gasteiger partial charge on any atom is -0.356 e. The number of aryl methyl sites for hydroxylation is 1. The SMILES string of the molecule is CCN(CCN)C1CCN(c2cc(C)nc(C(C)C)n2)CC1.Cl. The minimum atomic E-state index is 0. The van der Waals surface area contributed by atoms with Crippen LogP contribution >= 0.6 is 12.4 Å². The number of halogens is 1. The standard InChI is InChI=1S/C17H31N5.ClH/c1-5-21(11-8-18)15-6-9-22(10-7-15)16-12-14(4)19-17(20-16)13(2)3;/h12-13,15H,5-11,18H2,1-4H3;1H. The first-order valence-electron chi connectivity index (χ1n) is 8.59. The second-order valence-electron chi connectivity index (χ2n) is 6.52. The molecule has 1 fully saturated rings. The van der Waals surface area contributed by atoms with Crippen molar-refractivity contribution in [2.24, 2.45) is 5.73 Å². The first kappa shape index (κ1) is 20.1. The quantitative estimate of drug-likeness (QED) is 0.861. The average molecular weight is 342 g/mol. The van der Waals surface area contributed by atoms with Gasteiger partial charge in [-0.2, -0.15) is 0 Å². The molecule has 0 radical (unpaired) electrons. The predicted molar refractivity (Wildman–Crippen MR) is 99.6 cm³/mol. The second-order valence-corrected chi connectivity index (χ2v) is 6.52. The molecule has 2 heterocycles. The van der Waals surface area contributed by atoms with Crippen molar-refractivity contribution >= 4 is 18.2 Å². The molecule has 6 heteroatoms. The van der Waals surface area contributed by atoms with Crippen LogP contribution < -0.4 is 10.6 Å². The van der Waals surface area contributed by atoms with Crippen molar-refractivity contribution in [3.63, 3.8) is 0 Å². The topological polar surface area (TPSA) is 58.3 Å². The van der Waals surface area contributed by atoms with Crippen LogP contribution in [0, 0.1) is 6.92 Å². The van der Waals surface area contributed by atoms with E-state index in [9.17, 15) is 0 Å². The first-order valence-corrected chi connectivity index (χ1v) is 8.59. The van der Waals surface area contributed by atoms with Crippen LogP contribution in [0.4, 0.5) is 5.82 Å². The molecule has 23 heavy (non-hydrogen) atoms. The van der Waals surface area contributed by atoms with E-state index in [1.54, 1.807) is 0 Å². The third-order valence-electron chi connectivity index (χ3n) is 4.50. The van der Waals surface area contributed by atoms with E-state index in [0.29, 0.717) is 12.0 Å². The number of hydrogen-bond acceptors (Lipinski definition) is 5. The fraction of sp³-hybridized carbons (Fsp3) is 0.765. The average Bonchev–Trinajstić information content (AvgIpc) is 2.52. The Morgan fingerprint density at radius 2 is 1.96 bits per heavy atom. The summed E-state index contributed by atoms with van der Waals surface area (Å²) in [4.78, 5) is 14.2. The van der Waals surface area contributed by atoms with Crippen molar-refractivity contribution < 1.29 is 0 Å². The minimum absolute atomic E-state index is 0. The van der Waals surface area contributed by atoms with Crippen molar-refractivity contribution in [3.05, 3.63) is 17.6 Å². The highest BCUT2D eigenvalue weighted by Gasteiger charge is 2.24. The summed E-state index contributed by atoms with van der Waals surface area (Å²) in [6.07, 6.45) is 2.38. The molecule has 0 bridgehead atoms. The summed E-state index contributed by atoms with van der Waals surface area (Å²) in [5.41, 5.74) is 6.79. The van der Waals surface area contributed by atoms with Crippen LogP contribution in [0.25, 0.3) is 0 Å². The zero-order valence-corrected chi connectivity index (χ0v) is 15.8. The van der Waals surface area contributed by atoms with Gasteiger partial charge in [-0.1, -0.05) is 20.8 Å². The molecule has 1 aliphatic heterocycles. The number of nitrogens with two attached hydrogens (primary N) is 1. The molecular formula is C17H32ClN5. The maximum absolute atomic E-state index is 5.72. The van der Waals surface area contributed by atoms with Crippen LogP contribution in [-0.4, -0.2) is 53.6 Å². The maximum atomic E-state index is 5.72. The Balaban J connectivity index is 0.00000264. The summed E-state index contributed by atoms with van der Waals surface area (Å²) in [5, 5.41) is 0. The predicted octanol–water partition coefficient (Wildman–Crippen LogP) is 2.58. The Hall–Kier alpha value is -0.910. The first-order chi connectivity index (χ1) is 10.5. The zero-order valence-electron chi connectivity index (χ0n) is 15.0. The van der Waals surface area contributed by atoms with Crippen LogP contribution in [0.2, 0.25) is 0 Å². The van der Waals surface area contributed by atoms with Crippen molar-refractivity contribution in [3.8, 4) is 0 Å². The van der Waals surface area contributed by atoms with Gasteiger partial charge in [0.25, 0.3) is 0 Å². The van der Waals surface area contributed by atoms with Gasteiger partial charge >= 0.3 is 0 Å². The summed E-state index contributed by atoms with van der Waals surface area (Å²) < 4.78 is 0. The van der Waals surface area contributed by atoms with Gasteiger partial charge in [-0.3, -0.25) is 4.90 Å². The number of rotatable bonds is 6. The van der Waals surface area contributed by atoms with Gasteiger partial charge in [0, 0.05) is 49.9 Å². The Bertz CT molecular complexity index is 472. The number of piperidine rings is 1. The van der Waals surface area contributed by atoms with E-state index in [1.165, 1.54) is 12.8 Å². The number of hydrogen-bond donors (Lipinski definition) is 1. The van der Waals surface area contributed by atoms with Crippen LogP contribution in [0.1, 0.15) is 51.0 Å². The lowest BCUT2D eigenvalue weighted by molar-refractivity contribution is 0.182. The molecule has 2 rings (SSSR count). The second kappa shape index (κ2) is 9.40. The Labute approximate surface area is 147 Å². The largest absolute Gasteiger partial charge is 0.356 e. The van der Waals surface area contributed by atoms with Crippen LogP contribution in [-0.2, 0) is 0 Å². The van der Waals surface area contributed by atoms with Crippen molar-refractivity contribution in [2.45, 2.75) is 52.5 Å².